The Morgan fingerprint density at radius 3 is 1.57 bits per heavy atom. The maximum Gasteiger partial charge on any atom is 0.334 e. The molecule has 5 saturated carbocycles. The van der Waals surface area contributed by atoms with Gasteiger partial charge in [0.2, 0.25) is 0 Å². The normalized spacial score (nSPS) is 33.0. The molecular formula is C80H118BrFO8Si2. The molecule has 2 heterocycles. The van der Waals surface area contributed by atoms with Crippen LogP contribution in [0.4, 0.5) is 4.70 Å². The second-order valence-corrected chi connectivity index (χ2v) is 42.3. The number of allylic oxidation sites excluding steroid dienone is 4. The fraction of sp³-hybridized carbons (Fsp3) is 0.625. The zero-order valence-corrected chi connectivity index (χ0v) is 62.8. The Morgan fingerprint density at radius 1 is 0.707 bits per heavy atom. The number of terminal acetylenes is 1. The van der Waals surface area contributed by atoms with Gasteiger partial charge in [-0.15, -0.1) is 18.9 Å². The summed E-state index contributed by atoms with van der Waals surface area (Å²) in [4.78, 5) is 27.0. The Kier molecular flexibility index (Phi) is 26.2. The molecule has 0 amide bonds. The van der Waals surface area contributed by atoms with Crippen LogP contribution in [0.2, 0.25) is 36.3 Å². The van der Waals surface area contributed by atoms with E-state index < -0.39 is 28.8 Å². The molecule has 9 rings (SSSR count). The van der Waals surface area contributed by atoms with Crippen LogP contribution in [0.3, 0.4) is 0 Å². The number of carbonyl (C=O) groups excluding carboxylic acids is 2. The summed E-state index contributed by atoms with van der Waals surface area (Å²) in [5.41, 5.74) is 8.87. The second kappa shape index (κ2) is 31.3. The molecule has 0 spiro atoms. The van der Waals surface area contributed by atoms with Crippen molar-refractivity contribution in [1.29, 1.82) is 0 Å². The molecule has 2 aromatic rings. The number of rotatable bonds is 17. The van der Waals surface area contributed by atoms with E-state index in [1.54, 1.807) is 5.57 Å². The number of esters is 2. The highest BCUT2D eigenvalue weighted by atomic mass is 79.9. The number of hydrogen-bond acceptors (Lipinski definition) is 8. The van der Waals surface area contributed by atoms with Gasteiger partial charge < -0.3 is 28.5 Å². The van der Waals surface area contributed by atoms with E-state index in [4.69, 9.17) is 24.7 Å². The van der Waals surface area contributed by atoms with Crippen LogP contribution in [-0.4, -0.2) is 75.4 Å². The summed E-state index contributed by atoms with van der Waals surface area (Å²) in [6, 6.07) is 20.5. The molecule has 0 radical (unpaired) electrons. The predicted molar refractivity (Wildman–Crippen MR) is 388 cm³/mol. The van der Waals surface area contributed by atoms with E-state index in [0.717, 1.165) is 41.5 Å². The first-order valence-corrected chi connectivity index (χ1v) is 41.4. The highest BCUT2D eigenvalue weighted by molar-refractivity contribution is 9.11. The lowest BCUT2D eigenvalue weighted by molar-refractivity contribution is -0.140. The second-order valence-electron chi connectivity index (χ2n) is 32.3. The minimum absolute atomic E-state index is 0. The van der Waals surface area contributed by atoms with Crippen molar-refractivity contribution in [2.75, 3.05) is 0 Å². The minimum atomic E-state index is -1.90. The van der Waals surface area contributed by atoms with E-state index in [1.165, 1.54) is 63.4 Å². The molecule has 7 aliphatic rings. The molecule has 92 heavy (non-hydrogen) atoms. The van der Waals surface area contributed by atoms with Crippen LogP contribution in [0.5, 0.6) is 0 Å². The SMILES string of the molecule is C#CC[C@@H](O[Si](C)(C)C(C)(C)C)[C@H](C)[C@@H](C=C)O[Si](C)(C)C(C)(C)C.C=C1/C(=C\C=C2/CCC[C@]3(C)[C@@H]([C@H](C)C[C@H]4OC(=O)C(=C)[C@H]4c4ccccc4)CC[C@@H]23)C[C@@H](O)[C@H](C)[C@@H]1O.C=C1C(=O)O[C@H](C[C@@H](C)[C@H]2CC[C@H]3/C(=C/Br)CCC[C@]23C)[C@@H]1c1ccccc1.F. The summed E-state index contributed by atoms with van der Waals surface area (Å²) in [6.07, 6.45) is 25.7. The summed E-state index contributed by atoms with van der Waals surface area (Å²) in [6.45, 7) is 52.8. The van der Waals surface area contributed by atoms with Crippen LogP contribution in [-0.2, 0) is 27.9 Å². The Labute approximate surface area is 566 Å². The largest absolute Gasteiger partial charge is 0.458 e. The zero-order chi connectivity index (χ0) is 67.3. The Morgan fingerprint density at radius 2 is 1.14 bits per heavy atom. The third-order valence-electron chi connectivity index (χ3n) is 24.6. The number of halogens is 2. The van der Waals surface area contributed by atoms with Gasteiger partial charge >= 0.3 is 11.9 Å². The van der Waals surface area contributed by atoms with E-state index in [0.29, 0.717) is 64.9 Å². The number of cyclic esters (lactones) is 2. The number of ether oxygens (including phenoxy) is 2. The minimum Gasteiger partial charge on any atom is -0.458 e. The first-order chi connectivity index (χ1) is 42.6. The van der Waals surface area contributed by atoms with Gasteiger partial charge in [-0.25, -0.2) is 9.59 Å². The van der Waals surface area contributed by atoms with Crippen LogP contribution in [0.15, 0.2) is 144 Å². The Balaban J connectivity index is 0.000000225. The molecule has 18 atom stereocenters. The quantitative estimate of drug-likeness (QED) is 0.0530. The van der Waals surface area contributed by atoms with E-state index in [2.05, 4.69) is 192 Å². The Bertz CT molecular complexity index is 3040. The molecule has 0 bridgehead atoms. The fourth-order valence-electron chi connectivity index (χ4n) is 17.0. The predicted octanol–water partition coefficient (Wildman–Crippen LogP) is 20.2. The van der Waals surface area contributed by atoms with Gasteiger partial charge in [-0.3, -0.25) is 4.70 Å². The number of aliphatic hydroxyl groups is 2. The van der Waals surface area contributed by atoms with Crippen LogP contribution in [0.25, 0.3) is 0 Å². The van der Waals surface area contributed by atoms with E-state index >= 15 is 0 Å². The van der Waals surface area contributed by atoms with E-state index in [-0.39, 0.29) is 80.2 Å². The van der Waals surface area contributed by atoms with Gasteiger partial charge in [-0.2, -0.15) is 0 Å². The third kappa shape index (κ3) is 16.8. The number of aliphatic hydroxyl groups excluding tert-OH is 2. The van der Waals surface area contributed by atoms with Crippen molar-refractivity contribution in [1.82, 2.24) is 0 Å². The summed E-state index contributed by atoms with van der Waals surface area (Å²) >= 11 is 3.62. The summed E-state index contributed by atoms with van der Waals surface area (Å²) in [5, 5.41) is 21.2. The highest BCUT2D eigenvalue weighted by Crippen LogP contribution is 2.62. The van der Waals surface area contributed by atoms with Gasteiger partial charge in [0, 0.05) is 29.4 Å². The van der Waals surface area contributed by atoms with Crippen LogP contribution >= 0.6 is 15.9 Å². The first kappa shape index (κ1) is 76.8. The lowest BCUT2D eigenvalue weighted by Crippen LogP contribution is -2.50. The molecule has 0 aromatic heterocycles. The van der Waals surface area contributed by atoms with Gasteiger partial charge in [-0.1, -0.05) is 209 Å². The smallest absolute Gasteiger partial charge is 0.334 e. The summed E-state index contributed by atoms with van der Waals surface area (Å²) in [5.74, 6) is 5.72. The molecule has 5 aliphatic carbocycles. The molecule has 12 heteroatoms. The highest BCUT2D eigenvalue weighted by Gasteiger charge is 2.54. The average molecular weight is 1360 g/mol. The van der Waals surface area contributed by atoms with Crippen molar-refractivity contribution in [2.45, 2.75) is 258 Å². The van der Waals surface area contributed by atoms with Crippen molar-refractivity contribution in [3.63, 3.8) is 0 Å². The number of fused-ring (bicyclic) bond motifs is 2. The van der Waals surface area contributed by atoms with Crippen molar-refractivity contribution < 1.29 is 42.8 Å². The van der Waals surface area contributed by atoms with Crippen LogP contribution < -0.4 is 0 Å². The zero-order valence-electron chi connectivity index (χ0n) is 59.3. The fourth-order valence-corrected chi connectivity index (χ4v) is 20.3. The third-order valence-corrected chi connectivity index (χ3v) is 34.2. The van der Waals surface area contributed by atoms with Gasteiger partial charge in [0.25, 0.3) is 0 Å². The molecule has 0 unspecified atom stereocenters. The maximum absolute atomic E-state index is 12.5. The summed E-state index contributed by atoms with van der Waals surface area (Å²) in [7, 11) is -3.78. The van der Waals surface area contributed by atoms with Crippen molar-refractivity contribution in [2.24, 2.45) is 58.2 Å². The molecule has 2 aliphatic heterocycles. The molecule has 7 fully saturated rings. The van der Waals surface area contributed by atoms with E-state index in [1.807, 2.05) is 49.4 Å². The topological polar surface area (TPSA) is 112 Å². The van der Waals surface area contributed by atoms with Gasteiger partial charge in [-0.05, 0) is 193 Å². The lowest BCUT2D eigenvalue weighted by atomic mass is 9.60. The van der Waals surface area contributed by atoms with E-state index in [9.17, 15) is 19.8 Å². The molecule has 508 valence electrons. The maximum atomic E-state index is 12.5. The number of hydrogen-bond donors (Lipinski definition) is 2. The lowest BCUT2D eigenvalue weighted by Gasteiger charge is -2.45. The Hall–Kier alpha value is -4.20. The molecule has 2 N–H and O–H groups in total. The van der Waals surface area contributed by atoms with Gasteiger partial charge in [0.15, 0.2) is 16.6 Å². The van der Waals surface area contributed by atoms with Gasteiger partial charge in [0.1, 0.15) is 12.2 Å². The summed E-state index contributed by atoms with van der Waals surface area (Å²) < 4.78 is 25.0. The van der Waals surface area contributed by atoms with Crippen molar-refractivity contribution >= 4 is 44.5 Å². The monoisotopic (exact) mass is 1360 g/mol. The molecule has 2 saturated heterocycles. The van der Waals surface area contributed by atoms with Crippen LogP contribution in [0, 0.1) is 70.5 Å². The number of carbonyl (C=O) groups is 2. The molecule has 2 aromatic carbocycles. The van der Waals surface area contributed by atoms with Crippen LogP contribution in [0.1, 0.15) is 196 Å². The van der Waals surface area contributed by atoms with Gasteiger partial charge in [0.05, 0.1) is 36.3 Å². The standard InChI is InChI=1S/C34H44O4.C25H31BrO2.C21H42O2Si2.FH/c1-20(18-30-31(23(4)33(37)38-30)25-10-7-6-8-11-25)27-15-16-28-24(12-9-17-34(27,28)5)13-14-26-19-29(35)22(3)32(36)21(26)2;1-16(20-11-12-21-19(15-26)10-7-13-25(20,21)3)14-22-23(17(2)24(27)28-22)18-8-5-4-6-9-18;1-14-16-19(23-25(12,13)21(7,8)9)17(3)18(15-2)22-24(10,11)20(4,5)6;/h6-8,10-11,13-14,20,22,27-32,35-36H,2,4,9,12,15-19H2,1,3,5H3;4-6,8-9,15-16,20-23H,2,7,10-14H2,1,3H3;1,15,17-19H,2,16H2,3-13H3;1H/b24-13+,26-14-;19-15+;;/t20-,22+,27-,28+,29-,30-,31+,32-,34-;16-,20-,21+,22-,23+,25-;17-,18-,19-;/m111./s1. The average Bonchev–Trinajstić information content (AvgIpc) is 1.59. The van der Waals surface area contributed by atoms with Crippen molar-refractivity contribution in [3.8, 4) is 12.3 Å². The number of benzene rings is 2. The first-order valence-electron chi connectivity index (χ1n) is 34.6. The van der Waals surface area contributed by atoms with Crippen molar-refractivity contribution in [3.05, 3.63) is 155 Å². The molecular weight excluding hydrogens is 1240 g/mol. The molecule has 8 nitrogen and oxygen atoms in total.